The van der Waals surface area contributed by atoms with Crippen molar-refractivity contribution in [3.63, 3.8) is 0 Å². The van der Waals surface area contributed by atoms with Gasteiger partial charge in [0.2, 0.25) is 0 Å². The van der Waals surface area contributed by atoms with Crippen LogP contribution in [0.1, 0.15) is 27.6 Å². The van der Waals surface area contributed by atoms with Crippen molar-refractivity contribution in [3.05, 3.63) is 70.3 Å². The summed E-state index contributed by atoms with van der Waals surface area (Å²) in [5, 5.41) is -0.246. The number of rotatable bonds is 3. The zero-order valence-electron chi connectivity index (χ0n) is 10.9. The molecule has 2 aromatic carbocycles. The van der Waals surface area contributed by atoms with Crippen LogP contribution in [0.25, 0.3) is 0 Å². The van der Waals surface area contributed by atoms with Crippen molar-refractivity contribution in [3.8, 4) is 0 Å². The van der Waals surface area contributed by atoms with Gasteiger partial charge < -0.3 is 0 Å². The Hall–Kier alpha value is -1.41. The van der Waals surface area contributed by atoms with Crippen LogP contribution >= 0.6 is 11.6 Å². The van der Waals surface area contributed by atoms with Crippen LogP contribution in [0.5, 0.6) is 0 Å². The highest BCUT2D eigenvalue weighted by Gasteiger charge is 2.13. The summed E-state index contributed by atoms with van der Waals surface area (Å²) in [7, 11) is 0. The number of benzene rings is 2. The maximum atomic E-state index is 13.2. The van der Waals surface area contributed by atoms with E-state index in [9.17, 15) is 8.78 Å². The maximum absolute atomic E-state index is 13.2. The Morgan fingerprint density at radius 1 is 1.05 bits per heavy atom. The van der Waals surface area contributed by atoms with Gasteiger partial charge >= 0.3 is 0 Å². The summed E-state index contributed by atoms with van der Waals surface area (Å²) in [6.45, 7) is 4.05. The summed E-state index contributed by atoms with van der Waals surface area (Å²) in [5.41, 5.74) is 4.05. The molecule has 0 bridgehead atoms. The summed E-state index contributed by atoms with van der Waals surface area (Å²) >= 11 is 6.39. The molecule has 0 spiro atoms. The normalized spacial score (nSPS) is 12.5. The Balaban J connectivity index is 2.23. The van der Waals surface area contributed by atoms with Crippen LogP contribution in [0.4, 0.5) is 8.78 Å². The van der Waals surface area contributed by atoms with Crippen LogP contribution in [0.2, 0.25) is 0 Å². The predicted octanol–water partition coefficient (Wildman–Crippen LogP) is 5.10. The van der Waals surface area contributed by atoms with Gasteiger partial charge in [-0.25, -0.2) is 8.78 Å². The molecule has 0 N–H and O–H groups in total. The summed E-state index contributed by atoms with van der Waals surface area (Å²) in [6, 6.07) is 9.87. The van der Waals surface area contributed by atoms with Crippen molar-refractivity contribution in [2.45, 2.75) is 25.6 Å². The predicted molar refractivity (Wildman–Crippen MR) is 74.6 cm³/mol. The lowest BCUT2D eigenvalue weighted by molar-refractivity contribution is 0.507. The zero-order chi connectivity index (χ0) is 14.0. The van der Waals surface area contributed by atoms with Crippen LogP contribution < -0.4 is 0 Å². The van der Waals surface area contributed by atoms with Gasteiger partial charge in [0.1, 0.15) is 0 Å². The molecule has 0 heterocycles. The van der Waals surface area contributed by atoms with Gasteiger partial charge in [0.05, 0.1) is 5.38 Å². The molecule has 0 aliphatic rings. The minimum atomic E-state index is -0.832. The summed E-state index contributed by atoms with van der Waals surface area (Å²) < 4.78 is 26.0. The molecule has 3 heteroatoms. The van der Waals surface area contributed by atoms with Crippen molar-refractivity contribution in [2.75, 3.05) is 0 Å². The monoisotopic (exact) mass is 280 g/mol. The smallest absolute Gasteiger partial charge is 0.159 e. The topological polar surface area (TPSA) is 0 Å². The first-order valence-electron chi connectivity index (χ1n) is 6.13. The second kappa shape index (κ2) is 5.70. The molecule has 0 aliphatic heterocycles. The molecule has 0 nitrogen and oxygen atoms in total. The number of halogens is 3. The number of aryl methyl sites for hydroxylation is 1. The first-order chi connectivity index (χ1) is 8.99. The number of hydrogen-bond acceptors (Lipinski definition) is 0. The molecular formula is C16H15ClF2. The molecule has 100 valence electrons. The zero-order valence-corrected chi connectivity index (χ0v) is 11.6. The van der Waals surface area contributed by atoms with Gasteiger partial charge in [-0.2, -0.15) is 0 Å². The maximum Gasteiger partial charge on any atom is 0.159 e. The van der Waals surface area contributed by atoms with E-state index in [1.165, 1.54) is 11.6 Å². The molecule has 0 amide bonds. The van der Waals surface area contributed by atoms with Crippen molar-refractivity contribution in [1.29, 1.82) is 0 Å². The van der Waals surface area contributed by atoms with E-state index >= 15 is 0 Å². The minimum absolute atomic E-state index is 0.246. The molecule has 0 aliphatic carbocycles. The van der Waals surface area contributed by atoms with Crippen molar-refractivity contribution < 1.29 is 8.78 Å². The first kappa shape index (κ1) is 14.0. The van der Waals surface area contributed by atoms with E-state index in [1.54, 1.807) is 6.07 Å². The summed E-state index contributed by atoms with van der Waals surface area (Å²) in [6.07, 6.45) is 0.475. The lowest BCUT2D eigenvalue weighted by atomic mass is 9.97. The van der Waals surface area contributed by atoms with E-state index in [1.807, 2.05) is 32.0 Å². The largest absolute Gasteiger partial charge is 0.204 e. The lowest BCUT2D eigenvalue weighted by Crippen LogP contribution is -2.00. The molecule has 19 heavy (non-hydrogen) atoms. The Morgan fingerprint density at radius 3 is 2.47 bits per heavy atom. The Morgan fingerprint density at radius 2 is 1.79 bits per heavy atom. The third-order valence-corrected chi connectivity index (χ3v) is 3.77. The SMILES string of the molecule is Cc1cccc(C(Cl)Cc2ccc(F)c(F)c2)c1C. The fourth-order valence-electron chi connectivity index (χ4n) is 2.10. The molecular weight excluding hydrogens is 266 g/mol. The van der Waals surface area contributed by atoms with E-state index < -0.39 is 11.6 Å². The van der Waals surface area contributed by atoms with Gasteiger partial charge in [0.15, 0.2) is 11.6 Å². The van der Waals surface area contributed by atoms with Gasteiger partial charge in [0.25, 0.3) is 0 Å². The van der Waals surface area contributed by atoms with E-state index in [4.69, 9.17) is 11.6 Å². The van der Waals surface area contributed by atoms with Crippen LogP contribution in [0.15, 0.2) is 36.4 Å². The molecule has 0 saturated heterocycles. The van der Waals surface area contributed by atoms with E-state index in [2.05, 4.69) is 0 Å². The number of alkyl halides is 1. The average Bonchev–Trinajstić information content (AvgIpc) is 2.37. The molecule has 0 aromatic heterocycles. The van der Waals surface area contributed by atoms with Gasteiger partial charge in [-0.1, -0.05) is 24.3 Å². The fourth-order valence-corrected chi connectivity index (χ4v) is 2.51. The van der Waals surface area contributed by atoms with E-state index in [0.717, 1.165) is 17.2 Å². The van der Waals surface area contributed by atoms with Crippen LogP contribution in [0.3, 0.4) is 0 Å². The summed E-state index contributed by atoms with van der Waals surface area (Å²) in [4.78, 5) is 0. The van der Waals surface area contributed by atoms with Gasteiger partial charge in [-0.05, 0) is 54.7 Å². The third kappa shape index (κ3) is 3.13. The number of hydrogen-bond donors (Lipinski definition) is 0. The highest BCUT2D eigenvalue weighted by atomic mass is 35.5. The molecule has 0 saturated carbocycles. The minimum Gasteiger partial charge on any atom is -0.204 e. The quantitative estimate of drug-likeness (QED) is 0.686. The molecule has 2 aromatic rings. The molecule has 1 unspecified atom stereocenters. The van der Waals surface area contributed by atoms with Crippen molar-refractivity contribution >= 4 is 11.6 Å². The van der Waals surface area contributed by atoms with Crippen LogP contribution in [0, 0.1) is 25.5 Å². The second-order valence-corrected chi connectivity index (χ2v) is 5.24. The highest BCUT2D eigenvalue weighted by molar-refractivity contribution is 6.21. The van der Waals surface area contributed by atoms with Crippen molar-refractivity contribution in [2.24, 2.45) is 0 Å². The lowest BCUT2D eigenvalue weighted by Gasteiger charge is -2.14. The Labute approximate surface area is 117 Å². The van der Waals surface area contributed by atoms with E-state index in [-0.39, 0.29) is 5.38 Å². The molecule has 2 rings (SSSR count). The third-order valence-electron chi connectivity index (χ3n) is 3.38. The van der Waals surface area contributed by atoms with Gasteiger partial charge in [-0.3, -0.25) is 0 Å². The van der Waals surface area contributed by atoms with Gasteiger partial charge in [0, 0.05) is 0 Å². The second-order valence-electron chi connectivity index (χ2n) is 4.71. The first-order valence-corrected chi connectivity index (χ1v) is 6.57. The molecule has 0 fully saturated rings. The molecule has 1 atom stereocenters. The van der Waals surface area contributed by atoms with Crippen LogP contribution in [-0.2, 0) is 6.42 Å². The Kier molecular flexibility index (Phi) is 4.20. The highest BCUT2D eigenvalue weighted by Crippen LogP contribution is 2.29. The summed E-state index contributed by atoms with van der Waals surface area (Å²) in [5.74, 6) is -1.66. The van der Waals surface area contributed by atoms with E-state index in [0.29, 0.717) is 12.0 Å². The molecule has 0 radical (unpaired) electrons. The van der Waals surface area contributed by atoms with Gasteiger partial charge in [-0.15, -0.1) is 11.6 Å². The fraction of sp³-hybridized carbons (Fsp3) is 0.250. The van der Waals surface area contributed by atoms with Crippen LogP contribution in [-0.4, -0.2) is 0 Å². The van der Waals surface area contributed by atoms with Crippen molar-refractivity contribution in [1.82, 2.24) is 0 Å². The standard InChI is InChI=1S/C16H15ClF2/c1-10-4-3-5-13(11(10)2)14(17)8-12-6-7-15(18)16(19)9-12/h3-7,9,14H,8H2,1-2H3. The Bertz CT molecular complexity index is 593. The average molecular weight is 281 g/mol.